The third-order valence-corrected chi connectivity index (χ3v) is 5.22. The van der Waals surface area contributed by atoms with Gasteiger partial charge in [-0.3, -0.25) is 4.79 Å². The molecule has 0 aliphatic carbocycles. The summed E-state index contributed by atoms with van der Waals surface area (Å²) < 4.78 is 64.6. The van der Waals surface area contributed by atoms with Crippen LogP contribution in [0.3, 0.4) is 0 Å². The van der Waals surface area contributed by atoms with Gasteiger partial charge in [-0.05, 0) is 24.3 Å². The van der Waals surface area contributed by atoms with E-state index >= 15 is 0 Å². The second-order valence-corrected chi connectivity index (χ2v) is 7.60. The van der Waals surface area contributed by atoms with Crippen LogP contribution in [0.2, 0.25) is 0 Å². The van der Waals surface area contributed by atoms with E-state index in [0.29, 0.717) is 5.69 Å². The maximum absolute atomic E-state index is 12.6. The van der Waals surface area contributed by atoms with E-state index in [2.05, 4.69) is 10.3 Å². The summed E-state index contributed by atoms with van der Waals surface area (Å²) in [7, 11) is -2.68. The second kappa shape index (κ2) is 7.46. The van der Waals surface area contributed by atoms with Gasteiger partial charge >= 0.3 is 6.18 Å². The Balaban J connectivity index is 2.17. The lowest BCUT2D eigenvalue weighted by molar-refractivity contribution is -0.141. The number of amides is 1. The zero-order valence-electron chi connectivity index (χ0n) is 14.0. The van der Waals surface area contributed by atoms with Crippen molar-refractivity contribution in [1.82, 2.24) is 13.9 Å². The van der Waals surface area contributed by atoms with E-state index in [0.717, 1.165) is 15.1 Å². The number of hydrogen-bond donors (Lipinski definition) is 1. The maximum Gasteiger partial charge on any atom is 0.406 e. The molecule has 11 heteroatoms. The monoisotopic (exact) mass is 390 g/mol. The molecule has 1 amide bonds. The fourth-order valence-electron chi connectivity index (χ4n) is 2.21. The highest BCUT2D eigenvalue weighted by Gasteiger charge is 2.30. The highest BCUT2D eigenvalue weighted by molar-refractivity contribution is 7.89. The zero-order valence-corrected chi connectivity index (χ0v) is 14.8. The van der Waals surface area contributed by atoms with Crippen LogP contribution >= 0.6 is 0 Å². The van der Waals surface area contributed by atoms with Crippen molar-refractivity contribution in [2.24, 2.45) is 0 Å². The number of aromatic nitrogens is 2. The number of benzene rings is 1. The average Bonchev–Trinajstić information content (AvgIpc) is 2.92. The number of nitrogens with one attached hydrogen (secondary N) is 1. The molecular weight excluding hydrogens is 373 g/mol. The standard InChI is InChI=1S/C15H17F3N4O3S/c1-11(23)20-12-3-5-13(6-4-12)26(24,25)21(2)9-14-19-7-8-22(14)10-15(16,17)18/h3-8H,9-10H2,1-2H3,(H,20,23). The van der Waals surface area contributed by atoms with Gasteiger partial charge in [0.1, 0.15) is 12.4 Å². The van der Waals surface area contributed by atoms with Crippen molar-refractivity contribution in [3.05, 3.63) is 42.5 Å². The normalized spacial score (nSPS) is 12.4. The van der Waals surface area contributed by atoms with Gasteiger partial charge in [-0.1, -0.05) is 0 Å². The number of alkyl halides is 3. The van der Waals surface area contributed by atoms with E-state index < -0.39 is 22.7 Å². The highest BCUT2D eigenvalue weighted by atomic mass is 32.2. The minimum Gasteiger partial charge on any atom is -0.326 e. The van der Waals surface area contributed by atoms with Gasteiger partial charge < -0.3 is 9.88 Å². The van der Waals surface area contributed by atoms with Crippen LogP contribution in [0.4, 0.5) is 18.9 Å². The van der Waals surface area contributed by atoms with Gasteiger partial charge in [-0.2, -0.15) is 17.5 Å². The van der Waals surface area contributed by atoms with Crippen LogP contribution in [0.15, 0.2) is 41.6 Å². The van der Waals surface area contributed by atoms with Crippen molar-refractivity contribution in [2.75, 3.05) is 12.4 Å². The largest absolute Gasteiger partial charge is 0.406 e. The van der Waals surface area contributed by atoms with Gasteiger partial charge in [0.15, 0.2) is 0 Å². The van der Waals surface area contributed by atoms with Crippen LogP contribution in [0.25, 0.3) is 0 Å². The Bertz CT molecular complexity index is 876. The first kappa shape index (κ1) is 19.9. The predicted molar refractivity (Wildman–Crippen MR) is 87.7 cm³/mol. The lowest BCUT2D eigenvalue weighted by atomic mass is 10.3. The van der Waals surface area contributed by atoms with Crippen molar-refractivity contribution in [1.29, 1.82) is 0 Å². The molecule has 1 aromatic carbocycles. The summed E-state index contributed by atoms with van der Waals surface area (Å²) in [6, 6.07) is 5.46. The first-order chi connectivity index (χ1) is 12.0. The molecule has 0 unspecified atom stereocenters. The molecule has 2 rings (SSSR count). The average molecular weight is 390 g/mol. The summed E-state index contributed by atoms with van der Waals surface area (Å²) in [6.45, 7) is -0.248. The Hall–Kier alpha value is -2.40. The summed E-state index contributed by atoms with van der Waals surface area (Å²) in [5.74, 6) is -0.322. The van der Waals surface area contributed by atoms with Crippen LogP contribution in [0, 0.1) is 0 Å². The van der Waals surface area contributed by atoms with E-state index in [1.807, 2.05) is 0 Å². The minimum atomic E-state index is -4.44. The molecule has 142 valence electrons. The summed E-state index contributed by atoms with van der Waals surface area (Å²) >= 11 is 0. The van der Waals surface area contributed by atoms with E-state index in [1.54, 1.807) is 0 Å². The molecule has 1 aromatic heterocycles. The summed E-state index contributed by atoms with van der Waals surface area (Å²) in [4.78, 5) is 14.7. The Morgan fingerprint density at radius 2 is 1.88 bits per heavy atom. The molecule has 0 atom stereocenters. The molecule has 0 radical (unpaired) electrons. The first-order valence-electron chi connectivity index (χ1n) is 7.40. The number of halogens is 3. The molecule has 26 heavy (non-hydrogen) atoms. The van der Waals surface area contributed by atoms with Gasteiger partial charge in [0.2, 0.25) is 15.9 Å². The Morgan fingerprint density at radius 1 is 1.27 bits per heavy atom. The SMILES string of the molecule is CC(=O)Nc1ccc(S(=O)(=O)N(C)Cc2nccn2CC(F)(F)F)cc1. The Morgan fingerprint density at radius 3 is 2.42 bits per heavy atom. The third-order valence-electron chi connectivity index (χ3n) is 3.40. The third kappa shape index (κ3) is 5.05. The summed E-state index contributed by atoms with van der Waals surface area (Å²) in [5.41, 5.74) is 0.430. The number of carbonyl (C=O) groups excluding carboxylic acids is 1. The topological polar surface area (TPSA) is 84.3 Å². The number of rotatable bonds is 6. The molecular formula is C15H17F3N4O3S. The molecule has 2 aromatic rings. The molecule has 0 bridgehead atoms. The molecule has 7 nitrogen and oxygen atoms in total. The number of sulfonamides is 1. The summed E-state index contributed by atoms with van der Waals surface area (Å²) in [5, 5.41) is 2.51. The van der Waals surface area contributed by atoms with E-state index in [4.69, 9.17) is 0 Å². The molecule has 0 fully saturated rings. The van der Waals surface area contributed by atoms with E-state index in [1.165, 1.54) is 44.4 Å². The van der Waals surface area contributed by atoms with E-state index in [9.17, 15) is 26.4 Å². The van der Waals surface area contributed by atoms with Gasteiger partial charge in [0.25, 0.3) is 0 Å². The van der Waals surface area contributed by atoms with Crippen molar-refractivity contribution >= 4 is 21.6 Å². The number of carbonyl (C=O) groups is 1. The lowest BCUT2D eigenvalue weighted by Crippen LogP contribution is -2.29. The number of imidazole rings is 1. The Labute approximate surface area is 148 Å². The second-order valence-electron chi connectivity index (χ2n) is 5.55. The van der Waals surface area contributed by atoms with Gasteiger partial charge in [0, 0.05) is 32.1 Å². The zero-order chi connectivity index (χ0) is 19.5. The van der Waals surface area contributed by atoms with Gasteiger partial charge in [-0.25, -0.2) is 13.4 Å². The van der Waals surface area contributed by atoms with Crippen molar-refractivity contribution < 1.29 is 26.4 Å². The highest BCUT2D eigenvalue weighted by Crippen LogP contribution is 2.21. The van der Waals surface area contributed by atoms with Crippen LogP contribution < -0.4 is 5.32 Å². The van der Waals surface area contributed by atoms with Crippen molar-refractivity contribution in [2.45, 2.75) is 31.1 Å². The summed E-state index contributed by atoms with van der Waals surface area (Å²) in [6.07, 6.45) is -2.11. The predicted octanol–water partition coefficient (Wildman–Crippen LogP) is 2.22. The van der Waals surface area contributed by atoms with Gasteiger partial charge in [0.05, 0.1) is 11.4 Å². The lowest BCUT2D eigenvalue weighted by Gasteiger charge is -2.18. The molecule has 0 aliphatic rings. The molecule has 1 N–H and O–H groups in total. The number of nitrogens with zero attached hydrogens (tertiary/aromatic N) is 3. The molecule has 0 saturated carbocycles. The van der Waals surface area contributed by atoms with Crippen LogP contribution in [0.5, 0.6) is 0 Å². The fourth-order valence-corrected chi connectivity index (χ4v) is 3.33. The quantitative estimate of drug-likeness (QED) is 0.820. The molecule has 0 spiro atoms. The van der Waals surface area contributed by atoms with Crippen LogP contribution in [-0.4, -0.2) is 41.4 Å². The maximum atomic E-state index is 12.6. The minimum absolute atomic E-state index is 0.0248. The van der Waals surface area contributed by atoms with Crippen molar-refractivity contribution in [3.63, 3.8) is 0 Å². The molecule has 1 heterocycles. The van der Waals surface area contributed by atoms with E-state index in [-0.39, 0.29) is 23.2 Å². The van der Waals surface area contributed by atoms with Crippen LogP contribution in [0.1, 0.15) is 12.7 Å². The molecule has 0 aliphatic heterocycles. The van der Waals surface area contributed by atoms with Gasteiger partial charge in [-0.15, -0.1) is 0 Å². The number of anilines is 1. The first-order valence-corrected chi connectivity index (χ1v) is 8.84. The Kier molecular flexibility index (Phi) is 5.71. The fraction of sp³-hybridized carbons (Fsp3) is 0.333. The number of hydrogen-bond acceptors (Lipinski definition) is 4. The smallest absolute Gasteiger partial charge is 0.326 e. The molecule has 0 saturated heterocycles. The van der Waals surface area contributed by atoms with Crippen LogP contribution in [-0.2, 0) is 27.9 Å². The van der Waals surface area contributed by atoms with Crippen molar-refractivity contribution in [3.8, 4) is 0 Å².